The summed E-state index contributed by atoms with van der Waals surface area (Å²) in [6.07, 6.45) is 4.77. The average molecular weight is 556 g/mol. The third kappa shape index (κ3) is 5.93. The molecule has 39 heavy (non-hydrogen) atoms. The standard InChI is InChI=1S/C24H29N9O5S/c1-14(2)38-19(20-26-11-15(3)12-27-20)16(4)39(34,35)32-24-31-30-21(17-9-7-8-10-25-17)33(24)18-22(36-5)28-13-29-23(18)37-6/h7-14,16,19H,1-6H3,(H,31,32). The molecule has 2 unspecified atom stereocenters. The molecule has 14 nitrogen and oxygen atoms in total. The molecular formula is C24H29N9O5S. The summed E-state index contributed by atoms with van der Waals surface area (Å²) >= 11 is 0. The van der Waals surface area contributed by atoms with Gasteiger partial charge in [0.15, 0.2) is 17.3 Å². The smallest absolute Gasteiger partial charge is 0.245 e. The van der Waals surface area contributed by atoms with Crippen molar-refractivity contribution < 1.29 is 22.6 Å². The van der Waals surface area contributed by atoms with Gasteiger partial charge in [-0.3, -0.25) is 9.71 Å². The molecule has 0 aliphatic heterocycles. The molecule has 0 fully saturated rings. The van der Waals surface area contributed by atoms with Gasteiger partial charge < -0.3 is 14.2 Å². The van der Waals surface area contributed by atoms with Crippen molar-refractivity contribution in [3.63, 3.8) is 0 Å². The first-order valence-corrected chi connectivity index (χ1v) is 13.5. The number of methoxy groups -OCH3 is 2. The van der Waals surface area contributed by atoms with Crippen LogP contribution in [0, 0.1) is 6.92 Å². The zero-order valence-electron chi connectivity index (χ0n) is 22.3. The highest BCUT2D eigenvalue weighted by Crippen LogP contribution is 2.35. The number of sulfonamides is 1. The van der Waals surface area contributed by atoms with Gasteiger partial charge in [0.1, 0.15) is 23.4 Å². The van der Waals surface area contributed by atoms with E-state index in [-0.39, 0.29) is 41.1 Å². The molecule has 0 aromatic carbocycles. The highest BCUT2D eigenvalue weighted by Gasteiger charge is 2.36. The van der Waals surface area contributed by atoms with Crippen LogP contribution in [0.1, 0.15) is 38.3 Å². The number of nitrogens with zero attached hydrogens (tertiary/aromatic N) is 8. The highest BCUT2D eigenvalue weighted by molar-refractivity contribution is 7.93. The number of aromatic nitrogens is 8. The van der Waals surface area contributed by atoms with Gasteiger partial charge >= 0.3 is 0 Å². The fourth-order valence-electron chi connectivity index (χ4n) is 3.67. The van der Waals surface area contributed by atoms with E-state index in [2.05, 4.69) is 39.8 Å². The van der Waals surface area contributed by atoms with Crippen LogP contribution < -0.4 is 14.2 Å². The van der Waals surface area contributed by atoms with Crippen LogP contribution in [0.15, 0.2) is 43.1 Å². The zero-order valence-corrected chi connectivity index (χ0v) is 23.1. The first-order valence-electron chi connectivity index (χ1n) is 11.9. The number of ether oxygens (including phenoxy) is 3. The Hall–Kier alpha value is -4.24. The lowest BCUT2D eigenvalue weighted by atomic mass is 10.2. The van der Waals surface area contributed by atoms with E-state index in [0.717, 1.165) is 5.56 Å². The van der Waals surface area contributed by atoms with Crippen molar-refractivity contribution in [1.82, 2.24) is 39.7 Å². The molecule has 2 atom stereocenters. The summed E-state index contributed by atoms with van der Waals surface area (Å²) in [6.45, 7) is 6.95. The van der Waals surface area contributed by atoms with E-state index in [9.17, 15) is 8.42 Å². The molecule has 1 N–H and O–H groups in total. The first-order chi connectivity index (χ1) is 18.7. The maximum atomic E-state index is 13.8. The molecular weight excluding hydrogens is 526 g/mol. The van der Waals surface area contributed by atoms with E-state index in [4.69, 9.17) is 14.2 Å². The minimum Gasteiger partial charge on any atom is -0.479 e. The summed E-state index contributed by atoms with van der Waals surface area (Å²) in [7, 11) is -1.35. The minimum absolute atomic E-state index is 0.0985. The fourth-order valence-corrected chi connectivity index (χ4v) is 4.75. The molecule has 0 aliphatic carbocycles. The molecule has 206 valence electrons. The largest absolute Gasteiger partial charge is 0.479 e. The first kappa shape index (κ1) is 27.8. The van der Waals surface area contributed by atoms with Crippen molar-refractivity contribution in [2.75, 3.05) is 18.9 Å². The van der Waals surface area contributed by atoms with Crippen molar-refractivity contribution in [2.45, 2.75) is 45.2 Å². The van der Waals surface area contributed by atoms with Gasteiger partial charge in [-0.2, -0.15) is 9.97 Å². The number of nitrogens with one attached hydrogen (secondary N) is 1. The van der Waals surface area contributed by atoms with Crippen molar-refractivity contribution in [3.05, 3.63) is 54.5 Å². The Morgan fingerprint density at radius 1 is 0.923 bits per heavy atom. The monoisotopic (exact) mass is 555 g/mol. The normalized spacial score (nSPS) is 13.2. The Bertz CT molecular complexity index is 1490. The van der Waals surface area contributed by atoms with Gasteiger partial charge in [-0.05, 0) is 45.4 Å². The second kappa shape index (κ2) is 11.7. The van der Waals surface area contributed by atoms with Crippen LogP contribution in [0.3, 0.4) is 0 Å². The lowest BCUT2D eigenvalue weighted by molar-refractivity contribution is 0.00152. The van der Waals surface area contributed by atoms with E-state index < -0.39 is 21.4 Å². The molecule has 15 heteroatoms. The van der Waals surface area contributed by atoms with Gasteiger partial charge in [0.25, 0.3) is 0 Å². The molecule has 4 aromatic heterocycles. The maximum absolute atomic E-state index is 13.8. The van der Waals surface area contributed by atoms with E-state index in [1.165, 1.54) is 32.0 Å². The van der Waals surface area contributed by atoms with Gasteiger partial charge in [0, 0.05) is 18.6 Å². The van der Waals surface area contributed by atoms with Gasteiger partial charge in [-0.25, -0.2) is 23.0 Å². The number of aryl methyl sites for hydroxylation is 1. The lowest BCUT2D eigenvalue weighted by Crippen LogP contribution is -2.35. The summed E-state index contributed by atoms with van der Waals surface area (Å²) in [4.78, 5) is 21.3. The fraction of sp³-hybridized carbons (Fsp3) is 0.375. The van der Waals surface area contributed by atoms with Gasteiger partial charge in [-0.15, -0.1) is 10.2 Å². The van der Waals surface area contributed by atoms with Crippen LogP contribution >= 0.6 is 0 Å². The Morgan fingerprint density at radius 3 is 2.15 bits per heavy atom. The molecule has 0 radical (unpaired) electrons. The summed E-state index contributed by atoms with van der Waals surface area (Å²) in [6, 6.07) is 5.20. The van der Waals surface area contributed by atoms with Crippen LogP contribution in [0.4, 0.5) is 5.95 Å². The predicted molar refractivity (Wildman–Crippen MR) is 141 cm³/mol. The number of pyridine rings is 1. The lowest BCUT2D eigenvalue weighted by Gasteiger charge is -2.25. The quantitative estimate of drug-likeness (QED) is 0.287. The molecule has 0 amide bonds. The molecule has 0 aliphatic rings. The molecule has 4 rings (SSSR count). The summed E-state index contributed by atoms with van der Waals surface area (Å²) in [5, 5.41) is 7.22. The molecule has 0 spiro atoms. The molecule has 4 heterocycles. The number of hydrogen-bond acceptors (Lipinski definition) is 12. The molecule has 0 bridgehead atoms. The molecule has 4 aromatic rings. The second-order valence-electron chi connectivity index (χ2n) is 8.71. The van der Waals surface area contributed by atoms with Crippen LogP contribution in [-0.2, 0) is 14.8 Å². The third-order valence-corrected chi connectivity index (χ3v) is 7.24. The maximum Gasteiger partial charge on any atom is 0.245 e. The van der Waals surface area contributed by atoms with Crippen LogP contribution in [0.2, 0.25) is 0 Å². The highest BCUT2D eigenvalue weighted by atomic mass is 32.2. The van der Waals surface area contributed by atoms with Crippen molar-refractivity contribution >= 4 is 16.0 Å². The number of hydrogen-bond donors (Lipinski definition) is 1. The van der Waals surface area contributed by atoms with Crippen molar-refractivity contribution in [1.29, 1.82) is 0 Å². The van der Waals surface area contributed by atoms with Gasteiger partial charge in [0.05, 0.1) is 20.3 Å². The molecule has 0 saturated carbocycles. The van der Waals surface area contributed by atoms with E-state index in [1.807, 2.05) is 6.92 Å². The van der Waals surface area contributed by atoms with Gasteiger partial charge in [0.2, 0.25) is 27.7 Å². The van der Waals surface area contributed by atoms with Crippen LogP contribution in [-0.4, -0.2) is 73.7 Å². The SMILES string of the molecule is COc1ncnc(OC)c1-n1c(NS(=O)(=O)C(C)C(OC(C)C)c2ncc(C)cn2)nnc1-c1ccccn1. The molecule has 0 saturated heterocycles. The van der Waals surface area contributed by atoms with Crippen molar-refractivity contribution in [2.24, 2.45) is 0 Å². The Balaban J connectivity index is 1.83. The Labute approximate surface area is 225 Å². The van der Waals surface area contributed by atoms with Crippen LogP contribution in [0.5, 0.6) is 11.8 Å². The van der Waals surface area contributed by atoms with Gasteiger partial charge in [-0.1, -0.05) is 6.07 Å². The summed E-state index contributed by atoms with van der Waals surface area (Å²) in [5.74, 6) is 0.469. The van der Waals surface area contributed by atoms with E-state index in [1.54, 1.807) is 50.6 Å². The van der Waals surface area contributed by atoms with Crippen molar-refractivity contribution in [3.8, 4) is 29.0 Å². The average Bonchev–Trinajstić information content (AvgIpc) is 3.33. The van der Waals surface area contributed by atoms with E-state index in [0.29, 0.717) is 5.69 Å². The predicted octanol–water partition coefficient (Wildman–Crippen LogP) is 2.53. The summed E-state index contributed by atoms with van der Waals surface area (Å²) < 4.78 is 48.3. The number of rotatable bonds is 11. The Morgan fingerprint density at radius 2 is 1.59 bits per heavy atom. The minimum atomic E-state index is -4.18. The zero-order chi connectivity index (χ0) is 28.2. The van der Waals surface area contributed by atoms with E-state index >= 15 is 0 Å². The second-order valence-corrected chi connectivity index (χ2v) is 10.8. The van der Waals surface area contributed by atoms with Crippen LogP contribution in [0.25, 0.3) is 17.2 Å². The Kier molecular flexibility index (Phi) is 8.30. The summed E-state index contributed by atoms with van der Waals surface area (Å²) in [5.41, 5.74) is 1.42. The third-order valence-electron chi connectivity index (χ3n) is 5.55. The number of anilines is 1. The topological polar surface area (TPSA) is 169 Å².